The van der Waals surface area contributed by atoms with Gasteiger partial charge in [0, 0.05) is 46.4 Å². The molecule has 0 bridgehead atoms. The average molecular weight is 500 g/mol. The summed E-state index contributed by atoms with van der Waals surface area (Å²) < 4.78 is 14.7. The van der Waals surface area contributed by atoms with Crippen LogP contribution in [0.5, 0.6) is 0 Å². The van der Waals surface area contributed by atoms with Gasteiger partial charge in [0.2, 0.25) is 0 Å². The molecule has 0 saturated carbocycles. The Kier molecular flexibility index (Phi) is 8.07. The van der Waals surface area contributed by atoms with Crippen molar-refractivity contribution in [2.24, 2.45) is 0 Å². The van der Waals surface area contributed by atoms with E-state index in [0.29, 0.717) is 26.9 Å². The Morgan fingerprint density at radius 2 is 1.62 bits per heavy atom. The van der Waals surface area contributed by atoms with Crippen LogP contribution in [0, 0.1) is 11.2 Å². The van der Waals surface area contributed by atoms with Gasteiger partial charge in [-0.2, -0.15) is 0 Å². The standard InChI is InChI=1S/C25H20Cl2FN3O2.CH4/c26-17-5-7-19(8-6-17)30-25(33)21-14-18(27)4-2-15(21)13-23(32)20-9-3-16(12-22(20)28)24(29)31-10-1-11-31;/h2-9,12,14,29H,1,10-11,13H2,(H,30,33);1H4. The van der Waals surface area contributed by atoms with Gasteiger partial charge in [-0.05, 0) is 60.5 Å². The zero-order valence-corrected chi connectivity index (χ0v) is 19.0. The first-order valence-corrected chi connectivity index (χ1v) is 11.1. The second-order valence-corrected chi connectivity index (χ2v) is 8.62. The van der Waals surface area contributed by atoms with Gasteiger partial charge in [0.25, 0.3) is 5.91 Å². The second kappa shape index (κ2) is 10.8. The maximum atomic E-state index is 14.7. The highest BCUT2D eigenvalue weighted by atomic mass is 35.5. The Morgan fingerprint density at radius 1 is 0.941 bits per heavy atom. The van der Waals surface area contributed by atoms with Crippen molar-refractivity contribution in [3.05, 3.63) is 98.8 Å². The Bertz CT molecular complexity index is 1240. The molecule has 0 atom stereocenters. The molecular weight excluding hydrogens is 476 g/mol. The Hall–Kier alpha value is -3.22. The molecule has 1 saturated heterocycles. The topological polar surface area (TPSA) is 73.3 Å². The van der Waals surface area contributed by atoms with Gasteiger partial charge in [-0.15, -0.1) is 0 Å². The number of hydrogen-bond donors (Lipinski definition) is 2. The number of carbonyl (C=O) groups is 2. The van der Waals surface area contributed by atoms with Gasteiger partial charge in [0.05, 0.1) is 5.56 Å². The lowest BCUT2D eigenvalue weighted by Gasteiger charge is -2.33. The van der Waals surface area contributed by atoms with Crippen molar-refractivity contribution in [3.63, 3.8) is 0 Å². The normalized spacial score (nSPS) is 12.4. The fraction of sp³-hybridized carbons (Fsp3) is 0.192. The summed E-state index contributed by atoms with van der Waals surface area (Å²) in [5, 5.41) is 11.8. The van der Waals surface area contributed by atoms with E-state index < -0.39 is 17.5 Å². The molecule has 0 aliphatic carbocycles. The lowest BCUT2D eigenvalue weighted by Crippen LogP contribution is -2.42. The van der Waals surface area contributed by atoms with Gasteiger partial charge in [0.15, 0.2) is 5.78 Å². The molecule has 2 N–H and O–H groups in total. The summed E-state index contributed by atoms with van der Waals surface area (Å²) in [5.74, 6) is -1.36. The van der Waals surface area contributed by atoms with Crippen LogP contribution in [-0.2, 0) is 6.42 Å². The van der Waals surface area contributed by atoms with Crippen LogP contribution in [0.3, 0.4) is 0 Å². The minimum absolute atomic E-state index is 0. The quantitative estimate of drug-likeness (QED) is 0.231. The van der Waals surface area contributed by atoms with E-state index in [1.165, 1.54) is 18.2 Å². The number of Topliss-reactive ketones (excluding diaryl/α,β-unsaturated/α-hetero) is 1. The third-order valence-corrected chi connectivity index (χ3v) is 5.97. The van der Waals surface area contributed by atoms with Gasteiger partial charge in [0.1, 0.15) is 11.7 Å². The number of likely N-dealkylation sites (tertiary alicyclic amines) is 1. The van der Waals surface area contributed by atoms with Crippen molar-refractivity contribution < 1.29 is 14.0 Å². The highest BCUT2D eigenvalue weighted by molar-refractivity contribution is 6.31. The minimum Gasteiger partial charge on any atom is -0.356 e. The van der Waals surface area contributed by atoms with E-state index in [-0.39, 0.29) is 30.8 Å². The fourth-order valence-electron chi connectivity index (χ4n) is 3.53. The highest BCUT2D eigenvalue weighted by Crippen LogP contribution is 2.22. The predicted molar refractivity (Wildman–Crippen MR) is 135 cm³/mol. The summed E-state index contributed by atoms with van der Waals surface area (Å²) in [6.45, 7) is 1.55. The number of carbonyl (C=O) groups excluding carboxylic acids is 2. The smallest absolute Gasteiger partial charge is 0.256 e. The Balaban J connectivity index is 0.00000324. The van der Waals surface area contributed by atoms with Gasteiger partial charge < -0.3 is 10.2 Å². The van der Waals surface area contributed by atoms with Gasteiger partial charge in [-0.3, -0.25) is 15.0 Å². The van der Waals surface area contributed by atoms with Crippen LogP contribution < -0.4 is 5.32 Å². The van der Waals surface area contributed by atoms with E-state index in [1.54, 1.807) is 42.5 Å². The number of halogens is 3. The third kappa shape index (κ3) is 5.64. The number of amides is 1. The molecule has 4 rings (SSSR count). The first-order valence-electron chi connectivity index (χ1n) is 10.3. The second-order valence-electron chi connectivity index (χ2n) is 7.75. The third-order valence-electron chi connectivity index (χ3n) is 5.48. The number of benzene rings is 3. The van der Waals surface area contributed by atoms with Crippen molar-refractivity contribution in [1.29, 1.82) is 5.41 Å². The molecule has 1 fully saturated rings. The summed E-state index contributed by atoms with van der Waals surface area (Å²) >= 11 is 12.0. The van der Waals surface area contributed by atoms with Crippen molar-refractivity contribution in [1.82, 2.24) is 4.90 Å². The molecule has 0 unspecified atom stereocenters. The molecule has 3 aromatic rings. The van der Waals surface area contributed by atoms with Crippen LogP contribution in [0.2, 0.25) is 10.0 Å². The van der Waals surface area contributed by atoms with E-state index in [2.05, 4.69) is 5.32 Å². The number of nitrogens with zero attached hydrogens (tertiary/aromatic N) is 1. The predicted octanol–water partition coefficient (Wildman–Crippen LogP) is 6.48. The Morgan fingerprint density at radius 3 is 2.24 bits per heavy atom. The summed E-state index contributed by atoms with van der Waals surface area (Å²) in [5.41, 5.74) is 1.52. The van der Waals surface area contributed by atoms with E-state index in [0.717, 1.165) is 19.5 Å². The van der Waals surface area contributed by atoms with Crippen molar-refractivity contribution in [2.75, 3.05) is 18.4 Å². The number of amidine groups is 1. The summed E-state index contributed by atoms with van der Waals surface area (Å²) in [6.07, 6.45) is 0.830. The van der Waals surface area contributed by atoms with Gasteiger partial charge in [-0.25, -0.2) is 4.39 Å². The first-order chi connectivity index (χ1) is 15.8. The van der Waals surface area contributed by atoms with Crippen LogP contribution >= 0.6 is 23.2 Å². The largest absolute Gasteiger partial charge is 0.356 e. The van der Waals surface area contributed by atoms with Crippen molar-refractivity contribution >= 4 is 46.4 Å². The molecule has 0 aromatic heterocycles. The molecular formula is C26H24Cl2FN3O2. The fourth-order valence-corrected chi connectivity index (χ4v) is 3.82. The van der Waals surface area contributed by atoms with E-state index in [1.807, 2.05) is 4.90 Å². The average Bonchev–Trinajstić information content (AvgIpc) is 2.75. The summed E-state index contributed by atoms with van der Waals surface area (Å²) in [7, 11) is 0. The SMILES string of the molecule is C.N=C(c1ccc(C(=O)Cc2ccc(Cl)cc2C(=O)Nc2ccc(Cl)cc2)c(F)c1)N1CCC1. The molecule has 0 spiro atoms. The van der Waals surface area contributed by atoms with E-state index in [9.17, 15) is 14.0 Å². The number of hydrogen-bond acceptors (Lipinski definition) is 3. The van der Waals surface area contributed by atoms with Crippen LogP contribution in [0.25, 0.3) is 0 Å². The van der Waals surface area contributed by atoms with Crippen LogP contribution in [0.1, 0.15) is 45.7 Å². The first kappa shape index (κ1) is 25.4. The molecule has 3 aromatic carbocycles. The molecule has 1 amide bonds. The zero-order valence-electron chi connectivity index (χ0n) is 17.5. The van der Waals surface area contributed by atoms with Gasteiger partial charge >= 0.3 is 0 Å². The van der Waals surface area contributed by atoms with Crippen LogP contribution in [0.15, 0.2) is 60.7 Å². The summed E-state index contributed by atoms with van der Waals surface area (Å²) in [4.78, 5) is 27.6. The molecule has 1 aliphatic heterocycles. The minimum atomic E-state index is -0.691. The number of anilines is 1. The maximum absolute atomic E-state index is 14.7. The lowest BCUT2D eigenvalue weighted by atomic mass is 9.97. The monoisotopic (exact) mass is 499 g/mol. The van der Waals surface area contributed by atoms with Crippen molar-refractivity contribution in [3.8, 4) is 0 Å². The maximum Gasteiger partial charge on any atom is 0.256 e. The Labute approximate surface area is 208 Å². The van der Waals surface area contributed by atoms with Crippen molar-refractivity contribution in [2.45, 2.75) is 20.3 Å². The molecule has 8 heteroatoms. The van der Waals surface area contributed by atoms with Crippen LogP contribution in [-0.4, -0.2) is 35.5 Å². The summed E-state index contributed by atoms with van der Waals surface area (Å²) in [6, 6.07) is 15.4. The van der Waals surface area contributed by atoms with Gasteiger partial charge in [-0.1, -0.05) is 42.8 Å². The number of ketones is 1. The number of rotatable bonds is 6. The van der Waals surface area contributed by atoms with E-state index >= 15 is 0 Å². The van der Waals surface area contributed by atoms with Crippen LogP contribution in [0.4, 0.5) is 10.1 Å². The molecule has 0 radical (unpaired) electrons. The highest BCUT2D eigenvalue weighted by Gasteiger charge is 2.22. The molecule has 34 heavy (non-hydrogen) atoms. The molecule has 1 heterocycles. The number of nitrogens with one attached hydrogen (secondary N) is 2. The van der Waals surface area contributed by atoms with E-state index in [4.69, 9.17) is 28.6 Å². The molecule has 5 nitrogen and oxygen atoms in total. The molecule has 1 aliphatic rings. The molecule has 176 valence electrons. The lowest BCUT2D eigenvalue weighted by molar-refractivity contribution is 0.0988. The zero-order chi connectivity index (χ0) is 23.5.